The first-order valence-electron chi connectivity index (χ1n) is 8.51. The Kier molecular flexibility index (Phi) is 4.55. The summed E-state index contributed by atoms with van der Waals surface area (Å²) < 4.78 is 34.0. The Morgan fingerprint density at radius 3 is 2.32 bits per heavy atom. The minimum Gasteiger partial charge on any atom is -0.456 e. The Balaban J connectivity index is 2.04. The van der Waals surface area contributed by atoms with Crippen LogP contribution in [-0.2, 0) is 0 Å². The molecule has 31 heavy (non-hydrogen) atoms. The van der Waals surface area contributed by atoms with Crippen LogP contribution in [0, 0.1) is 31.9 Å². The van der Waals surface area contributed by atoms with Crippen molar-refractivity contribution in [2.75, 3.05) is 5.01 Å². The van der Waals surface area contributed by atoms with Crippen LogP contribution >= 0.6 is 0 Å². The normalized spacial score (nSPS) is 11.1. The van der Waals surface area contributed by atoms with E-state index in [1.807, 2.05) is 0 Å². The van der Waals surface area contributed by atoms with Gasteiger partial charge in [0.05, 0.1) is 26.7 Å². The molecule has 12 heteroatoms. The zero-order valence-electron chi connectivity index (χ0n) is 15.2. The Labute approximate surface area is 170 Å². The second-order valence-corrected chi connectivity index (χ2v) is 6.40. The predicted octanol–water partition coefficient (Wildman–Crippen LogP) is 4.05. The highest BCUT2D eigenvalue weighted by atomic mass is 19.1. The lowest BCUT2D eigenvalue weighted by Crippen LogP contribution is -2.28. The van der Waals surface area contributed by atoms with Crippen LogP contribution in [0.3, 0.4) is 0 Å². The highest BCUT2D eigenvalue weighted by Crippen LogP contribution is 2.38. The molecule has 0 atom stereocenters. The Bertz CT molecular complexity index is 1470. The number of rotatable bonds is 4. The maximum absolute atomic E-state index is 14.8. The van der Waals surface area contributed by atoms with Crippen molar-refractivity contribution in [2.45, 2.75) is 0 Å². The SMILES string of the molecule is NN(c1ccc([N+](=O)[O-])cc1[N+](=O)[O-])c1c(F)ccc2oc3ccc(F)cc3c(=O)c12. The van der Waals surface area contributed by atoms with Gasteiger partial charge in [-0.2, -0.15) is 0 Å². The molecular weight excluding hydrogens is 418 g/mol. The summed E-state index contributed by atoms with van der Waals surface area (Å²) >= 11 is 0. The van der Waals surface area contributed by atoms with Crippen LogP contribution in [0.4, 0.5) is 31.5 Å². The third-order valence-corrected chi connectivity index (χ3v) is 4.59. The van der Waals surface area contributed by atoms with Gasteiger partial charge in [0.2, 0.25) is 5.43 Å². The van der Waals surface area contributed by atoms with Crippen LogP contribution in [0.5, 0.6) is 0 Å². The number of nitrogens with two attached hydrogens (primary N) is 1. The van der Waals surface area contributed by atoms with Crippen molar-refractivity contribution in [2.24, 2.45) is 5.84 Å². The lowest BCUT2D eigenvalue weighted by atomic mass is 10.1. The lowest BCUT2D eigenvalue weighted by molar-refractivity contribution is -0.393. The zero-order chi connectivity index (χ0) is 22.4. The fourth-order valence-corrected chi connectivity index (χ4v) is 3.20. The molecule has 0 fully saturated rings. The first-order chi connectivity index (χ1) is 14.7. The van der Waals surface area contributed by atoms with Crippen molar-refractivity contribution in [3.8, 4) is 0 Å². The summed E-state index contributed by atoms with van der Waals surface area (Å²) in [5.41, 5.74) is -3.23. The molecule has 0 saturated carbocycles. The molecule has 10 nitrogen and oxygen atoms in total. The van der Waals surface area contributed by atoms with E-state index >= 15 is 0 Å². The average Bonchev–Trinajstić information content (AvgIpc) is 2.73. The second-order valence-electron chi connectivity index (χ2n) is 6.40. The summed E-state index contributed by atoms with van der Waals surface area (Å²) in [7, 11) is 0. The van der Waals surface area contributed by atoms with E-state index in [4.69, 9.17) is 10.3 Å². The molecule has 0 amide bonds. The summed E-state index contributed by atoms with van der Waals surface area (Å²) in [6, 6.07) is 7.88. The van der Waals surface area contributed by atoms with Crippen molar-refractivity contribution < 1.29 is 23.0 Å². The lowest BCUT2D eigenvalue weighted by Gasteiger charge is -2.20. The van der Waals surface area contributed by atoms with Crippen molar-refractivity contribution in [1.29, 1.82) is 0 Å². The molecule has 156 valence electrons. The fourth-order valence-electron chi connectivity index (χ4n) is 3.20. The van der Waals surface area contributed by atoms with E-state index in [0.29, 0.717) is 11.1 Å². The molecule has 3 aromatic carbocycles. The summed E-state index contributed by atoms with van der Waals surface area (Å²) in [6.07, 6.45) is 0. The van der Waals surface area contributed by atoms with Crippen molar-refractivity contribution in [1.82, 2.24) is 0 Å². The fraction of sp³-hybridized carbons (Fsp3) is 0. The van der Waals surface area contributed by atoms with E-state index in [0.717, 1.165) is 36.4 Å². The van der Waals surface area contributed by atoms with Gasteiger partial charge in [-0.1, -0.05) is 0 Å². The van der Waals surface area contributed by atoms with Crippen molar-refractivity contribution in [3.63, 3.8) is 0 Å². The van der Waals surface area contributed by atoms with Crippen LogP contribution in [0.25, 0.3) is 21.9 Å². The molecule has 0 bridgehead atoms. The summed E-state index contributed by atoms with van der Waals surface area (Å²) in [5.74, 6) is 4.20. The highest BCUT2D eigenvalue weighted by Gasteiger charge is 2.27. The summed E-state index contributed by atoms with van der Waals surface area (Å²) in [4.78, 5) is 33.6. The third kappa shape index (κ3) is 3.20. The van der Waals surface area contributed by atoms with Gasteiger partial charge in [-0.3, -0.25) is 30.0 Å². The molecule has 0 radical (unpaired) electrons. The van der Waals surface area contributed by atoms with Gasteiger partial charge in [-0.25, -0.2) is 14.6 Å². The quantitative estimate of drug-likeness (QED) is 0.222. The van der Waals surface area contributed by atoms with Crippen LogP contribution in [0.2, 0.25) is 0 Å². The number of benzene rings is 3. The first kappa shape index (κ1) is 19.8. The van der Waals surface area contributed by atoms with E-state index in [9.17, 15) is 33.8 Å². The van der Waals surface area contributed by atoms with Crippen molar-refractivity contribution >= 4 is 44.7 Å². The van der Waals surface area contributed by atoms with Crippen LogP contribution in [-0.4, -0.2) is 9.85 Å². The van der Waals surface area contributed by atoms with Gasteiger partial charge < -0.3 is 4.42 Å². The Morgan fingerprint density at radius 1 is 0.935 bits per heavy atom. The molecule has 4 aromatic rings. The van der Waals surface area contributed by atoms with E-state index < -0.39 is 49.7 Å². The van der Waals surface area contributed by atoms with E-state index in [1.165, 1.54) is 6.07 Å². The number of hydrogen-bond donors (Lipinski definition) is 1. The Morgan fingerprint density at radius 2 is 1.65 bits per heavy atom. The average molecular weight is 428 g/mol. The van der Waals surface area contributed by atoms with Gasteiger partial charge >= 0.3 is 5.69 Å². The topological polar surface area (TPSA) is 146 Å². The number of hydrogen-bond acceptors (Lipinski definition) is 8. The number of nitro benzene ring substituents is 2. The van der Waals surface area contributed by atoms with Gasteiger partial charge in [0.1, 0.15) is 34.2 Å². The number of hydrazine groups is 1. The minimum atomic E-state index is -1.02. The first-order valence-corrected chi connectivity index (χ1v) is 8.51. The van der Waals surface area contributed by atoms with Gasteiger partial charge in [-0.05, 0) is 36.4 Å². The van der Waals surface area contributed by atoms with E-state index in [1.54, 1.807) is 0 Å². The smallest absolute Gasteiger partial charge is 0.301 e. The van der Waals surface area contributed by atoms with Gasteiger partial charge in [-0.15, -0.1) is 0 Å². The molecule has 0 saturated heterocycles. The zero-order valence-corrected chi connectivity index (χ0v) is 15.2. The monoisotopic (exact) mass is 428 g/mol. The number of fused-ring (bicyclic) bond motifs is 2. The highest BCUT2D eigenvalue weighted by molar-refractivity contribution is 5.99. The number of nitrogens with zero attached hydrogens (tertiary/aromatic N) is 3. The number of halogens is 2. The molecule has 1 heterocycles. The summed E-state index contributed by atoms with van der Waals surface area (Å²) in [5, 5.41) is 22.4. The molecule has 1 aromatic heterocycles. The number of non-ortho nitro benzene ring substituents is 1. The molecule has 2 N–H and O–H groups in total. The standard InChI is InChI=1S/C19H10F2N4O6/c20-9-1-5-15-11(7-9)19(26)17-16(31-15)6-3-12(21)18(17)23(22)13-4-2-10(24(27)28)8-14(13)25(29)30/h1-8H,22H2. The van der Waals surface area contributed by atoms with Crippen molar-refractivity contribution in [3.05, 3.63) is 90.6 Å². The van der Waals surface area contributed by atoms with Gasteiger partial charge in [0.25, 0.3) is 5.69 Å². The molecule has 0 aliphatic carbocycles. The van der Waals surface area contributed by atoms with E-state index in [-0.39, 0.29) is 21.9 Å². The number of anilines is 2. The molecule has 0 spiro atoms. The molecule has 0 unspecified atom stereocenters. The molecule has 4 rings (SSSR count). The van der Waals surface area contributed by atoms with Crippen LogP contribution < -0.4 is 16.3 Å². The molecular formula is C19H10F2N4O6. The Hall–Kier alpha value is -4.45. The van der Waals surface area contributed by atoms with E-state index in [2.05, 4.69) is 0 Å². The predicted molar refractivity (Wildman–Crippen MR) is 106 cm³/mol. The maximum atomic E-state index is 14.8. The van der Waals surface area contributed by atoms with Crippen LogP contribution in [0.1, 0.15) is 0 Å². The molecule has 0 aliphatic heterocycles. The van der Waals surface area contributed by atoms with Gasteiger partial charge in [0.15, 0.2) is 0 Å². The van der Waals surface area contributed by atoms with Gasteiger partial charge in [0, 0.05) is 6.07 Å². The molecule has 0 aliphatic rings. The summed E-state index contributed by atoms with van der Waals surface area (Å²) in [6.45, 7) is 0. The minimum absolute atomic E-state index is 0.0429. The van der Waals surface area contributed by atoms with Crippen LogP contribution in [0.15, 0.2) is 57.7 Å². The maximum Gasteiger partial charge on any atom is 0.301 e. The second kappa shape index (κ2) is 7.11. The third-order valence-electron chi connectivity index (χ3n) is 4.59. The number of nitro groups is 2. The largest absolute Gasteiger partial charge is 0.456 e.